The number of carbonyl (C=O) groups is 1. The lowest BCUT2D eigenvalue weighted by Gasteiger charge is -2.33. The molecule has 0 aliphatic carbocycles. The second-order valence-corrected chi connectivity index (χ2v) is 10.1. The van der Waals surface area contributed by atoms with Gasteiger partial charge in [-0.3, -0.25) is 4.79 Å². The van der Waals surface area contributed by atoms with Gasteiger partial charge in [-0.15, -0.1) is 0 Å². The van der Waals surface area contributed by atoms with Crippen molar-refractivity contribution in [1.82, 2.24) is 19.3 Å². The standard InChI is InChI=1S/C22H23ClN4O4S/c1-26(15-20-24-21(25-31-20)16-6-3-2-4-7-16)22(28)17-8-5-13-27(14-17)32(29,30)19-11-9-18(23)10-12-19/h2-4,6-7,9-12,17H,5,8,13-15H2,1H3/t17-/m1/s1. The largest absolute Gasteiger partial charge is 0.337 e. The van der Waals surface area contributed by atoms with Crippen LogP contribution in [0.25, 0.3) is 11.4 Å². The number of halogens is 1. The fourth-order valence-corrected chi connectivity index (χ4v) is 5.38. The van der Waals surface area contributed by atoms with E-state index in [4.69, 9.17) is 16.1 Å². The number of piperidine rings is 1. The fourth-order valence-electron chi connectivity index (χ4n) is 3.73. The van der Waals surface area contributed by atoms with E-state index >= 15 is 0 Å². The Kier molecular flexibility index (Phi) is 6.59. The Hall–Kier alpha value is -2.75. The van der Waals surface area contributed by atoms with Crippen LogP contribution < -0.4 is 0 Å². The van der Waals surface area contributed by atoms with E-state index in [0.29, 0.717) is 36.1 Å². The van der Waals surface area contributed by atoms with Crippen molar-refractivity contribution in [3.05, 3.63) is 65.5 Å². The summed E-state index contributed by atoms with van der Waals surface area (Å²) in [5, 5.41) is 4.44. The van der Waals surface area contributed by atoms with Gasteiger partial charge in [-0.1, -0.05) is 47.1 Å². The van der Waals surface area contributed by atoms with Crippen LogP contribution in [0.1, 0.15) is 18.7 Å². The third-order valence-electron chi connectivity index (χ3n) is 5.43. The summed E-state index contributed by atoms with van der Waals surface area (Å²) in [6.07, 6.45) is 1.23. The highest BCUT2D eigenvalue weighted by atomic mass is 35.5. The second kappa shape index (κ2) is 9.40. The van der Waals surface area contributed by atoms with Gasteiger partial charge in [0.05, 0.1) is 17.4 Å². The number of carbonyl (C=O) groups excluding carboxylic acids is 1. The van der Waals surface area contributed by atoms with Gasteiger partial charge in [0.25, 0.3) is 0 Å². The third-order valence-corrected chi connectivity index (χ3v) is 7.56. The topological polar surface area (TPSA) is 96.6 Å². The highest BCUT2D eigenvalue weighted by Gasteiger charge is 2.34. The molecule has 1 aliphatic heterocycles. The first-order chi connectivity index (χ1) is 15.3. The first-order valence-corrected chi connectivity index (χ1v) is 12.0. The molecule has 0 spiro atoms. The Morgan fingerprint density at radius 1 is 1.19 bits per heavy atom. The van der Waals surface area contributed by atoms with E-state index in [2.05, 4.69) is 10.1 Å². The van der Waals surface area contributed by atoms with Crippen molar-refractivity contribution in [2.45, 2.75) is 24.3 Å². The molecule has 0 unspecified atom stereocenters. The van der Waals surface area contributed by atoms with E-state index in [0.717, 1.165) is 5.56 Å². The maximum atomic E-state index is 13.0. The zero-order valence-corrected chi connectivity index (χ0v) is 19.1. The molecule has 1 saturated heterocycles. The number of hydrogen-bond donors (Lipinski definition) is 0. The first-order valence-electron chi connectivity index (χ1n) is 10.2. The maximum Gasteiger partial charge on any atom is 0.246 e. The van der Waals surface area contributed by atoms with E-state index in [-0.39, 0.29) is 23.9 Å². The number of aromatic nitrogens is 2. The molecule has 3 aromatic rings. The molecular formula is C22H23ClN4O4S. The lowest BCUT2D eigenvalue weighted by atomic mass is 9.98. The van der Waals surface area contributed by atoms with Crippen LogP contribution in [0.3, 0.4) is 0 Å². The Balaban J connectivity index is 1.41. The minimum atomic E-state index is -3.69. The number of hydrogen-bond acceptors (Lipinski definition) is 6. The Labute approximate surface area is 191 Å². The van der Waals surface area contributed by atoms with E-state index in [1.165, 1.54) is 21.3 Å². The van der Waals surface area contributed by atoms with Gasteiger partial charge >= 0.3 is 0 Å². The summed E-state index contributed by atoms with van der Waals surface area (Å²) in [5.41, 5.74) is 0.826. The Bertz CT molecular complexity index is 1180. The average Bonchev–Trinajstić information content (AvgIpc) is 3.28. The van der Waals surface area contributed by atoms with Crippen molar-refractivity contribution in [2.24, 2.45) is 5.92 Å². The minimum absolute atomic E-state index is 0.132. The molecule has 2 aromatic carbocycles. The SMILES string of the molecule is CN(Cc1nc(-c2ccccc2)no1)C(=O)[C@@H]1CCCN(S(=O)(=O)c2ccc(Cl)cc2)C1. The van der Waals surface area contributed by atoms with Crippen molar-refractivity contribution >= 4 is 27.5 Å². The maximum absolute atomic E-state index is 13.0. The molecule has 1 aromatic heterocycles. The third kappa shape index (κ3) is 4.85. The highest BCUT2D eigenvalue weighted by Crippen LogP contribution is 2.26. The van der Waals surface area contributed by atoms with Gasteiger partial charge < -0.3 is 9.42 Å². The molecule has 1 aliphatic rings. The van der Waals surface area contributed by atoms with Gasteiger partial charge in [0.1, 0.15) is 0 Å². The summed E-state index contributed by atoms with van der Waals surface area (Å²) in [6, 6.07) is 15.5. The quantitative estimate of drug-likeness (QED) is 0.542. The van der Waals surface area contributed by atoms with E-state index < -0.39 is 15.9 Å². The van der Waals surface area contributed by atoms with Gasteiger partial charge in [0, 0.05) is 30.7 Å². The molecule has 32 heavy (non-hydrogen) atoms. The van der Waals surface area contributed by atoms with Crippen molar-refractivity contribution in [2.75, 3.05) is 20.1 Å². The number of rotatable bonds is 6. The molecule has 1 amide bonds. The monoisotopic (exact) mass is 474 g/mol. The molecular weight excluding hydrogens is 452 g/mol. The summed E-state index contributed by atoms with van der Waals surface area (Å²) >= 11 is 5.87. The van der Waals surface area contributed by atoms with Crippen LogP contribution in [-0.2, 0) is 21.4 Å². The number of nitrogens with zero attached hydrogens (tertiary/aromatic N) is 4. The van der Waals surface area contributed by atoms with E-state index in [9.17, 15) is 13.2 Å². The van der Waals surface area contributed by atoms with Crippen LogP contribution >= 0.6 is 11.6 Å². The summed E-state index contributed by atoms with van der Waals surface area (Å²) < 4.78 is 32.6. The van der Waals surface area contributed by atoms with Gasteiger partial charge in [-0.25, -0.2) is 8.42 Å². The van der Waals surface area contributed by atoms with Crippen molar-refractivity contribution < 1.29 is 17.7 Å². The van der Waals surface area contributed by atoms with Crippen LogP contribution in [0.2, 0.25) is 5.02 Å². The fraction of sp³-hybridized carbons (Fsp3) is 0.318. The van der Waals surface area contributed by atoms with Crippen molar-refractivity contribution in [1.29, 1.82) is 0 Å². The smallest absolute Gasteiger partial charge is 0.246 e. The Morgan fingerprint density at radius 3 is 2.62 bits per heavy atom. The van der Waals surface area contributed by atoms with E-state index in [1.807, 2.05) is 30.3 Å². The molecule has 2 heterocycles. The molecule has 168 valence electrons. The summed E-state index contributed by atoms with van der Waals surface area (Å²) in [6.45, 7) is 0.662. The van der Waals surface area contributed by atoms with Crippen molar-refractivity contribution in [3.63, 3.8) is 0 Å². The number of benzene rings is 2. The highest BCUT2D eigenvalue weighted by molar-refractivity contribution is 7.89. The van der Waals surface area contributed by atoms with Gasteiger partial charge in [-0.2, -0.15) is 9.29 Å². The molecule has 1 atom stereocenters. The second-order valence-electron chi connectivity index (χ2n) is 7.73. The number of amides is 1. The first kappa shape index (κ1) is 22.4. The molecule has 1 fully saturated rings. The number of sulfonamides is 1. The molecule has 0 N–H and O–H groups in total. The van der Waals surface area contributed by atoms with Gasteiger partial charge in [0.2, 0.25) is 27.6 Å². The average molecular weight is 475 g/mol. The van der Waals surface area contributed by atoms with E-state index in [1.54, 1.807) is 19.2 Å². The van der Waals surface area contributed by atoms with Crippen LogP contribution in [0, 0.1) is 5.92 Å². The molecule has 0 saturated carbocycles. The van der Waals surface area contributed by atoms with Crippen molar-refractivity contribution in [3.8, 4) is 11.4 Å². The lowest BCUT2D eigenvalue weighted by Crippen LogP contribution is -2.45. The predicted octanol–water partition coefficient (Wildman–Crippen LogP) is 3.45. The van der Waals surface area contributed by atoms with Crippen LogP contribution in [0.5, 0.6) is 0 Å². The summed E-state index contributed by atoms with van der Waals surface area (Å²) in [4.78, 5) is 19.1. The lowest BCUT2D eigenvalue weighted by molar-refractivity contribution is -0.136. The normalized spacial score (nSPS) is 17.2. The predicted molar refractivity (Wildman–Crippen MR) is 119 cm³/mol. The molecule has 8 nitrogen and oxygen atoms in total. The minimum Gasteiger partial charge on any atom is -0.337 e. The van der Waals surface area contributed by atoms with Crippen LogP contribution in [0.4, 0.5) is 0 Å². The van der Waals surface area contributed by atoms with Gasteiger partial charge in [-0.05, 0) is 37.1 Å². The molecule has 0 bridgehead atoms. The molecule has 10 heteroatoms. The molecule has 4 rings (SSSR count). The molecule has 0 radical (unpaired) electrons. The van der Waals surface area contributed by atoms with Crippen LogP contribution in [-0.4, -0.2) is 53.8 Å². The van der Waals surface area contributed by atoms with Gasteiger partial charge in [0.15, 0.2) is 0 Å². The Morgan fingerprint density at radius 2 is 1.91 bits per heavy atom. The van der Waals surface area contributed by atoms with Crippen LogP contribution in [0.15, 0.2) is 64.0 Å². The summed E-state index contributed by atoms with van der Waals surface area (Å²) in [5.74, 6) is 0.188. The summed E-state index contributed by atoms with van der Waals surface area (Å²) in [7, 11) is -2.04. The zero-order valence-electron chi connectivity index (χ0n) is 17.5. The zero-order chi connectivity index (χ0) is 22.7.